The first kappa shape index (κ1) is 24.3. The SMILES string of the molecule is Cc1cc(C(=O)N2CCC3(CC2)CN(CC(F)(F)F)CC(c2ccccc2)O3)ccc1C1COC1. The monoisotopic (exact) mass is 488 g/mol. The Labute approximate surface area is 203 Å². The minimum Gasteiger partial charge on any atom is -0.380 e. The molecule has 0 saturated carbocycles. The molecule has 35 heavy (non-hydrogen) atoms. The summed E-state index contributed by atoms with van der Waals surface area (Å²) in [5.41, 5.74) is 3.13. The molecule has 0 aliphatic carbocycles. The molecular formula is C27H31F3N2O3. The molecule has 1 amide bonds. The summed E-state index contributed by atoms with van der Waals surface area (Å²) in [7, 11) is 0. The molecule has 5 rings (SSSR count). The maximum absolute atomic E-state index is 13.3. The molecule has 188 valence electrons. The largest absolute Gasteiger partial charge is 0.401 e. The Morgan fingerprint density at radius 3 is 2.40 bits per heavy atom. The highest BCUT2D eigenvalue weighted by atomic mass is 19.4. The van der Waals surface area contributed by atoms with Gasteiger partial charge in [-0.2, -0.15) is 13.2 Å². The number of halogens is 3. The lowest BCUT2D eigenvalue weighted by atomic mass is 9.87. The second-order valence-electron chi connectivity index (χ2n) is 10.1. The molecule has 8 heteroatoms. The molecule has 2 aromatic rings. The molecule has 3 saturated heterocycles. The smallest absolute Gasteiger partial charge is 0.380 e. The number of likely N-dealkylation sites (tertiary alicyclic amines) is 1. The van der Waals surface area contributed by atoms with Crippen molar-refractivity contribution in [3.05, 3.63) is 70.8 Å². The van der Waals surface area contributed by atoms with Crippen molar-refractivity contribution in [2.45, 2.75) is 43.6 Å². The Kier molecular flexibility index (Phi) is 6.63. The van der Waals surface area contributed by atoms with Crippen LogP contribution in [0.5, 0.6) is 0 Å². The lowest BCUT2D eigenvalue weighted by Crippen LogP contribution is -2.59. The van der Waals surface area contributed by atoms with Crippen LogP contribution < -0.4 is 0 Å². The predicted octanol–water partition coefficient (Wildman–Crippen LogP) is 4.72. The third kappa shape index (κ3) is 5.39. The van der Waals surface area contributed by atoms with Crippen LogP contribution in [0.4, 0.5) is 13.2 Å². The van der Waals surface area contributed by atoms with E-state index in [9.17, 15) is 18.0 Å². The summed E-state index contributed by atoms with van der Waals surface area (Å²) in [4.78, 5) is 16.5. The van der Waals surface area contributed by atoms with Crippen molar-refractivity contribution in [2.75, 3.05) is 45.9 Å². The summed E-state index contributed by atoms with van der Waals surface area (Å²) in [5, 5.41) is 0. The number of ether oxygens (including phenoxy) is 2. The van der Waals surface area contributed by atoms with Gasteiger partial charge in [0.15, 0.2) is 0 Å². The summed E-state index contributed by atoms with van der Waals surface area (Å²) in [6.07, 6.45) is -3.69. The zero-order chi connectivity index (χ0) is 24.6. The van der Waals surface area contributed by atoms with E-state index in [1.165, 1.54) is 10.5 Å². The van der Waals surface area contributed by atoms with E-state index in [4.69, 9.17) is 9.47 Å². The lowest BCUT2D eigenvalue weighted by molar-refractivity contribution is -0.205. The fraction of sp³-hybridized carbons (Fsp3) is 0.519. The molecular weight excluding hydrogens is 457 g/mol. The molecule has 3 fully saturated rings. The highest BCUT2D eigenvalue weighted by molar-refractivity contribution is 5.94. The number of hydrogen-bond acceptors (Lipinski definition) is 4. The summed E-state index contributed by atoms with van der Waals surface area (Å²) < 4.78 is 51.6. The molecule has 5 nitrogen and oxygen atoms in total. The summed E-state index contributed by atoms with van der Waals surface area (Å²) in [6.45, 7) is 3.83. The molecule has 1 atom stereocenters. The zero-order valence-electron chi connectivity index (χ0n) is 19.9. The third-order valence-corrected chi connectivity index (χ3v) is 7.46. The number of hydrogen-bond donors (Lipinski definition) is 0. The van der Waals surface area contributed by atoms with E-state index < -0.39 is 24.4 Å². The van der Waals surface area contributed by atoms with Crippen molar-refractivity contribution in [2.24, 2.45) is 0 Å². The molecule has 3 heterocycles. The van der Waals surface area contributed by atoms with Gasteiger partial charge in [0.05, 0.1) is 31.5 Å². The van der Waals surface area contributed by atoms with Gasteiger partial charge in [0, 0.05) is 37.7 Å². The van der Waals surface area contributed by atoms with Gasteiger partial charge in [0.1, 0.15) is 0 Å². The predicted molar refractivity (Wildman–Crippen MR) is 125 cm³/mol. The first-order valence-electron chi connectivity index (χ1n) is 12.2. The molecule has 2 aromatic carbocycles. The number of benzene rings is 2. The summed E-state index contributed by atoms with van der Waals surface area (Å²) in [6, 6.07) is 15.3. The van der Waals surface area contributed by atoms with Crippen LogP contribution in [0.3, 0.4) is 0 Å². The Bertz CT molecular complexity index is 1050. The lowest BCUT2D eigenvalue weighted by Gasteiger charge is -2.50. The average molecular weight is 489 g/mol. The van der Waals surface area contributed by atoms with Crippen molar-refractivity contribution in [3.8, 4) is 0 Å². The molecule has 3 aliphatic heterocycles. The fourth-order valence-electron chi connectivity index (χ4n) is 5.56. The van der Waals surface area contributed by atoms with Crippen LogP contribution >= 0.6 is 0 Å². The number of rotatable bonds is 4. The van der Waals surface area contributed by atoms with Gasteiger partial charge in [-0.1, -0.05) is 36.4 Å². The highest BCUT2D eigenvalue weighted by Gasteiger charge is 2.46. The molecule has 1 spiro atoms. The van der Waals surface area contributed by atoms with Crippen LogP contribution in [-0.4, -0.2) is 73.4 Å². The van der Waals surface area contributed by atoms with Gasteiger partial charge in [-0.3, -0.25) is 9.69 Å². The Hall–Kier alpha value is -2.42. The number of piperidine rings is 1. The summed E-state index contributed by atoms with van der Waals surface area (Å²) in [5.74, 6) is 0.358. The van der Waals surface area contributed by atoms with E-state index in [2.05, 4.69) is 0 Å². The Morgan fingerprint density at radius 1 is 1.09 bits per heavy atom. The molecule has 0 N–H and O–H groups in total. The number of carbonyl (C=O) groups excluding carboxylic acids is 1. The normalized spacial score (nSPS) is 23.3. The Balaban J connectivity index is 1.28. The van der Waals surface area contributed by atoms with E-state index in [1.54, 1.807) is 4.90 Å². The topological polar surface area (TPSA) is 42.0 Å². The molecule has 1 unspecified atom stereocenters. The van der Waals surface area contributed by atoms with E-state index in [1.807, 2.05) is 55.5 Å². The van der Waals surface area contributed by atoms with Crippen LogP contribution in [-0.2, 0) is 9.47 Å². The van der Waals surface area contributed by atoms with Crippen molar-refractivity contribution < 1.29 is 27.4 Å². The number of amides is 1. The third-order valence-electron chi connectivity index (χ3n) is 7.46. The number of carbonyl (C=O) groups is 1. The average Bonchev–Trinajstić information content (AvgIpc) is 2.78. The number of morpholine rings is 1. The molecule has 0 bridgehead atoms. The standard InChI is InChI=1S/C27H31F3N2O3/c1-19-13-21(7-8-23(19)22-15-34-16-22)25(33)32-11-9-26(10-12-32)17-31(18-27(28,29)30)14-24(35-26)20-5-3-2-4-6-20/h2-8,13,22,24H,9-12,14-18H2,1H3. The van der Waals surface area contributed by atoms with E-state index in [-0.39, 0.29) is 19.0 Å². The van der Waals surface area contributed by atoms with Crippen LogP contribution in [0, 0.1) is 6.92 Å². The van der Waals surface area contributed by atoms with E-state index in [0.717, 1.165) is 24.3 Å². The maximum Gasteiger partial charge on any atom is 0.401 e. The van der Waals surface area contributed by atoms with Gasteiger partial charge in [-0.05, 0) is 48.6 Å². The van der Waals surface area contributed by atoms with Gasteiger partial charge in [0.2, 0.25) is 0 Å². The molecule has 0 aromatic heterocycles. The first-order valence-corrected chi connectivity index (χ1v) is 12.2. The molecule has 0 radical (unpaired) electrons. The minimum atomic E-state index is -4.27. The van der Waals surface area contributed by atoms with Crippen molar-refractivity contribution in [1.82, 2.24) is 9.80 Å². The van der Waals surface area contributed by atoms with Crippen molar-refractivity contribution in [3.63, 3.8) is 0 Å². The Morgan fingerprint density at radius 2 is 1.80 bits per heavy atom. The van der Waals surface area contributed by atoms with Crippen LogP contribution in [0.1, 0.15) is 51.9 Å². The minimum absolute atomic E-state index is 0.0399. The van der Waals surface area contributed by atoms with Gasteiger partial charge in [0.25, 0.3) is 5.91 Å². The van der Waals surface area contributed by atoms with E-state index in [0.29, 0.717) is 37.4 Å². The van der Waals surface area contributed by atoms with Crippen molar-refractivity contribution in [1.29, 1.82) is 0 Å². The zero-order valence-corrected chi connectivity index (χ0v) is 19.9. The fourth-order valence-corrected chi connectivity index (χ4v) is 5.56. The molecule has 3 aliphatic rings. The summed E-state index contributed by atoms with van der Waals surface area (Å²) >= 11 is 0. The van der Waals surface area contributed by atoms with Gasteiger partial charge in [-0.25, -0.2) is 0 Å². The van der Waals surface area contributed by atoms with Gasteiger partial charge >= 0.3 is 6.18 Å². The van der Waals surface area contributed by atoms with Gasteiger partial charge in [-0.15, -0.1) is 0 Å². The van der Waals surface area contributed by atoms with Crippen LogP contribution in [0.15, 0.2) is 48.5 Å². The van der Waals surface area contributed by atoms with Crippen LogP contribution in [0.25, 0.3) is 0 Å². The quantitative estimate of drug-likeness (QED) is 0.625. The maximum atomic E-state index is 13.3. The highest BCUT2D eigenvalue weighted by Crippen LogP contribution is 2.39. The first-order chi connectivity index (χ1) is 16.7. The number of nitrogens with zero attached hydrogens (tertiary/aromatic N) is 2. The second-order valence-corrected chi connectivity index (χ2v) is 10.1. The number of alkyl halides is 3. The van der Waals surface area contributed by atoms with Gasteiger partial charge < -0.3 is 14.4 Å². The van der Waals surface area contributed by atoms with Crippen molar-refractivity contribution >= 4 is 5.91 Å². The van der Waals surface area contributed by atoms with Crippen LogP contribution in [0.2, 0.25) is 0 Å². The van der Waals surface area contributed by atoms with E-state index >= 15 is 0 Å². The number of aryl methyl sites for hydroxylation is 1. The second kappa shape index (κ2) is 9.56.